The molecule has 2 aromatic carbocycles. The number of hydrogen-bond acceptors (Lipinski definition) is 4. The zero-order valence-corrected chi connectivity index (χ0v) is 22.2. The molecule has 2 amide bonds. The molecule has 0 saturated heterocycles. The Morgan fingerprint density at radius 2 is 1.68 bits per heavy atom. The number of nitrogens with one attached hydrogen (secondary N) is 1. The van der Waals surface area contributed by atoms with E-state index < -0.39 is 28.5 Å². The molecule has 0 heterocycles. The third-order valence-corrected chi connectivity index (χ3v) is 6.76. The predicted octanol–water partition coefficient (Wildman–Crippen LogP) is 4.05. The summed E-state index contributed by atoms with van der Waals surface area (Å²) in [5, 5.41) is 3.35. The molecule has 0 fully saturated rings. The van der Waals surface area contributed by atoms with Gasteiger partial charge in [0.25, 0.3) is 0 Å². The van der Waals surface area contributed by atoms with Crippen LogP contribution in [0.3, 0.4) is 0 Å². The summed E-state index contributed by atoms with van der Waals surface area (Å²) in [4.78, 5) is 28.1. The van der Waals surface area contributed by atoms with E-state index in [1.165, 1.54) is 4.90 Å². The number of rotatable bonds is 10. The van der Waals surface area contributed by atoms with Gasteiger partial charge in [0.05, 0.1) is 11.9 Å². The third kappa shape index (κ3) is 7.46. The first-order chi connectivity index (χ1) is 15.8. The fraction of sp³-hybridized carbons (Fsp3) is 0.440. The molecule has 2 aromatic rings. The highest BCUT2D eigenvalue weighted by Crippen LogP contribution is 2.26. The van der Waals surface area contributed by atoms with Gasteiger partial charge in [-0.1, -0.05) is 48.4 Å². The van der Waals surface area contributed by atoms with Crippen LogP contribution in [0.4, 0.5) is 5.69 Å². The van der Waals surface area contributed by atoms with Gasteiger partial charge in [0.1, 0.15) is 12.6 Å². The van der Waals surface area contributed by atoms with Crippen LogP contribution in [-0.2, 0) is 26.2 Å². The normalized spacial score (nSPS) is 12.4. The number of benzene rings is 2. The average Bonchev–Trinajstić information content (AvgIpc) is 2.72. The second-order valence-electron chi connectivity index (χ2n) is 8.80. The Labute approximate surface area is 208 Å². The van der Waals surface area contributed by atoms with E-state index in [1.807, 2.05) is 52.0 Å². The minimum atomic E-state index is -3.79. The molecule has 0 bridgehead atoms. The van der Waals surface area contributed by atoms with E-state index >= 15 is 0 Å². The first-order valence-corrected chi connectivity index (χ1v) is 13.4. The summed E-state index contributed by atoms with van der Waals surface area (Å²) < 4.78 is 26.4. The monoisotopic (exact) mass is 507 g/mol. The number of aryl methyl sites for hydroxylation is 2. The number of carbonyl (C=O) groups is 2. The summed E-state index contributed by atoms with van der Waals surface area (Å²) in [7, 11) is -3.79. The number of nitrogens with zero attached hydrogens (tertiary/aromatic N) is 2. The fourth-order valence-corrected chi connectivity index (χ4v) is 4.82. The smallest absolute Gasteiger partial charge is 0.244 e. The van der Waals surface area contributed by atoms with E-state index in [4.69, 9.17) is 11.6 Å². The molecule has 34 heavy (non-hydrogen) atoms. The molecule has 1 atom stereocenters. The van der Waals surface area contributed by atoms with Gasteiger partial charge in [0, 0.05) is 17.6 Å². The number of halogens is 1. The van der Waals surface area contributed by atoms with Gasteiger partial charge in [-0.05, 0) is 63.4 Å². The Kier molecular flexibility index (Phi) is 9.53. The van der Waals surface area contributed by atoms with Crippen molar-refractivity contribution in [1.82, 2.24) is 10.2 Å². The van der Waals surface area contributed by atoms with Crippen LogP contribution in [-0.4, -0.2) is 50.0 Å². The van der Waals surface area contributed by atoms with Gasteiger partial charge in [-0.25, -0.2) is 8.42 Å². The molecule has 9 heteroatoms. The SMILES string of the molecule is CC[C@@H](C(=O)NC(C)C)N(Cc1ccc(C)cc1)C(=O)CN(c1ccc(Cl)cc1C)S(C)(=O)=O. The fourth-order valence-electron chi connectivity index (χ4n) is 3.68. The predicted molar refractivity (Wildman–Crippen MR) is 137 cm³/mol. The highest BCUT2D eigenvalue weighted by atomic mass is 35.5. The summed E-state index contributed by atoms with van der Waals surface area (Å²) >= 11 is 6.04. The number of sulfonamides is 1. The van der Waals surface area contributed by atoms with E-state index in [2.05, 4.69) is 5.32 Å². The molecule has 0 aliphatic heterocycles. The van der Waals surface area contributed by atoms with Crippen LogP contribution in [0.1, 0.15) is 43.9 Å². The summed E-state index contributed by atoms with van der Waals surface area (Å²) in [6.45, 7) is 8.99. The molecule has 2 rings (SSSR count). The second-order valence-corrected chi connectivity index (χ2v) is 11.1. The third-order valence-electron chi connectivity index (χ3n) is 5.40. The zero-order valence-electron chi connectivity index (χ0n) is 20.6. The number of anilines is 1. The molecule has 1 N–H and O–H groups in total. The Morgan fingerprint density at radius 1 is 1.06 bits per heavy atom. The van der Waals surface area contributed by atoms with Crippen molar-refractivity contribution in [2.24, 2.45) is 0 Å². The summed E-state index contributed by atoms with van der Waals surface area (Å²) in [6, 6.07) is 11.7. The lowest BCUT2D eigenvalue weighted by Gasteiger charge is -2.33. The minimum absolute atomic E-state index is 0.0953. The van der Waals surface area contributed by atoms with Crippen LogP contribution in [0.2, 0.25) is 5.02 Å². The molecule has 186 valence electrons. The summed E-state index contributed by atoms with van der Waals surface area (Å²) in [5.41, 5.74) is 2.92. The number of amides is 2. The van der Waals surface area contributed by atoms with Crippen molar-refractivity contribution >= 4 is 39.1 Å². The van der Waals surface area contributed by atoms with Crippen molar-refractivity contribution in [2.75, 3.05) is 17.1 Å². The lowest BCUT2D eigenvalue weighted by Crippen LogP contribution is -2.53. The Morgan fingerprint density at radius 3 is 2.18 bits per heavy atom. The van der Waals surface area contributed by atoms with Gasteiger partial charge in [-0.15, -0.1) is 0 Å². The van der Waals surface area contributed by atoms with Crippen molar-refractivity contribution < 1.29 is 18.0 Å². The quantitative estimate of drug-likeness (QED) is 0.525. The Hall–Kier alpha value is -2.58. The van der Waals surface area contributed by atoms with E-state index in [9.17, 15) is 18.0 Å². The molecule has 0 aliphatic rings. The first kappa shape index (κ1) is 27.7. The van der Waals surface area contributed by atoms with Crippen LogP contribution in [0, 0.1) is 13.8 Å². The lowest BCUT2D eigenvalue weighted by molar-refractivity contribution is -0.140. The highest BCUT2D eigenvalue weighted by molar-refractivity contribution is 7.92. The minimum Gasteiger partial charge on any atom is -0.352 e. The van der Waals surface area contributed by atoms with E-state index in [0.717, 1.165) is 21.7 Å². The van der Waals surface area contributed by atoms with E-state index in [-0.39, 0.29) is 18.5 Å². The Bertz CT molecular complexity index is 1120. The zero-order chi connectivity index (χ0) is 25.6. The molecular weight excluding hydrogens is 474 g/mol. The van der Waals surface area contributed by atoms with Crippen LogP contribution in [0.15, 0.2) is 42.5 Å². The van der Waals surface area contributed by atoms with Gasteiger partial charge in [0.2, 0.25) is 21.8 Å². The number of carbonyl (C=O) groups excluding carboxylic acids is 2. The van der Waals surface area contributed by atoms with E-state index in [0.29, 0.717) is 22.7 Å². The highest BCUT2D eigenvalue weighted by Gasteiger charge is 2.32. The standard InChI is InChI=1S/C25H34ClN3O4S/c1-7-22(25(31)27-17(2)3)28(15-20-10-8-18(4)9-11-20)24(30)16-29(34(6,32)33)23-13-12-21(26)14-19(23)5/h8-14,17,22H,7,15-16H2,1-6H3,(H,27,31)/t22-/m0/s1. The van der Waals surface area contributed by atoms with Gasteiger partial charge >= 0.3 is 0 Å². The molecule has 0 spiro atoms. The molecule has 0 radical (unpaired) electrons. The van der Waals surface area contributed by atoms with Crippen LogP contribution < -0.4 is 9.62 Å². The van der Waals surface area contributed by atoms with Gasteiger partial charge in [-0.2, -0.15) is 0 Å². The molecule has 0 saturated carbocycles. The molecular formula is C25H34ClN3O4S. The summed E-state index contributed by atoms with van der Waals surface area (Å²) in [6.07, 6.45) is 1.44. The van der Waals surface area contributed by atoms with E-state index in [1.54, 1.807) is 25.1 Å². The number of hydrogen-bond donors (Lipinski definition) is 1. The van der Waals surface area contributed by atoms with Gasteiger partial charge in [0.15, 0.2) is 0 Å². The van der Waals surface area contributed by atoms with Crippen molar-refractivity contribution in [3.63, 3.8) is 0 Å². The summed E-state index contributed by atoms with van der Waals surface area (Å²) in [5.74, 6) is -0.738. The Balaban J connectivity index is 2.46. The molecule has 0 aliphatic carbocycles. The maximum Gasteiger partial charge on any atom is 0.244 e. The first-order valence-electron chi connectivity index (χ1n) is 11.2. The van der Waals surface area contributed by atoms with Crippen LogP contribution in [0.5, 0.6) is 0 Å². The van der Waals surface area contributed by atoms with Crippen LogP contribution in [0.25, 0.3) is 0 Å². The van der Waals surface area contributed by atoms with Crippen molar-refractivity contribution in [2.45, 2.75) is 59.7 Å². The van der Waals surface area contributed by atoms with Gasteiger partial charge < -0.3 is 10.2 Å². The topological polar surface area (TPSA) is 86.8 Å². The molecule has 7 nitrogen and oxygen atoms in total. The lowest BCUT2D eigenvalue weighted by atomic mass is 10.1. The van der Waals surface area contributed by atoms with Crippen molar-refractivity contribution in [1.29, 1.82) is 0 Å². The maximum atomic E-state index is 13.6. The average molecular weight is 508 g/mol. The largest absolute Gasteiger partial charge is 0.352 e. The second kappa shape index (κ2) is 11.7. The molecule has 0 unspecified atom stereocenters. The van der Waals surface area contributed by atoms with Crippen molar-refractivity contribution in [3.05, 3.63) is 64.2 Å². The maximum absolute atomic E-state index is 13.6. The van der Waals surface area contributed by atoms with Gasteiger partial charge in [-0.3, -0.25) is 13.9 Å². The molecule has 0 aromatic heterocycles. The van der Waals surface area contributed by atoms with Crippen molar-refractivity contribution in [3.8, 4) is 0 Å². The van der Waals surface area contributed by atoms with Crippen LogP contribution >= 0.6 is 11.6 Å².